The number of hydrogen-bond acceptors (Lipinski definition) is 3. The van der Waals surface area contributed by atoms with Crippen LogP contribution in [0.3, 0.4) is 0 Å². The molecule has 4 heteroatoms. The van der Waals surface area contributed by atoms with Gasteiger partial charge in [0.05, 0.1) is 0 Å². The second-order valence-corrected chi connectivity index (χ2v) is 5.89. The summed E-state index contributed by atoms with van der Waals surface area (Å²) in [4.78, 5) is 13.9. The van der Waals surface area contributed by atoms with Gasteiger partial charge in [-0.05, 0) is 51.3 Å². The number of carbonyl (C=O) groups is 1. The fourth-order valence-corrected chi connectivity index (χ4v) is 2.84. The first-order chi connectivity index (χ1) is 9.49. The number of likely N-dealkylation sites (tertiary alicyclic amines) is 1. The fourth-order valence-electron chi connectivity index (χ4n) is 2.84. The van der Waals surface area contributed by atoms with E-state index in [4.69, 9.17) is 5.73 Å². The molecule has 0 aromatic heterocycles. The van der Waals surface area contributed by atoms with E-state index in [1.54, 1.807) is 6.07 Å². The lowest BCUT2D eigenvalue weighted by Gasteiger charge is -2.35. The maximum absolute atomic E-state index is 11.4. The standard InChI is InChI=1S/C16H25N3O/c1-11(2)19-9-7-13(8-10-19)18-15-6-4-5-14(12(15)3)16(17)20/h4-6,11,13,18H,7-10H2,1-3H3,(H2,17,20). The van der Waals surface area contributed by atoms with Crippen molar-refractivity contribution in [1.82, 2.24) is 4.90 Å². The lowest BCUT2D eigenvalue weighted by Crippen LogP contribution is -2.42. The normalized spacial score (nSPS) is 17.4. The molecule has 1 aliphatic heterocycles. The third-order valence-electron chi connectivity index (χ3n) is 4.22. The number of primary amides is 1. The van der Waals surface area contributed by atoms with Gasteiger partial charge in [-0.15, -0.1) is 0 Å². The molecule has 1 aromatic carbocycles. The van der Waals surface area contributed by atoms with Crippen LogP contribution in [0.4, 0.5) is 5.69 Å². The first-order valence-corrected chi connectivity index (χ1v) is 7.39. The van der Waals surface area contributed by atoms with Crippen molar-refractivity contribution in [3.63, 3.8) is 0 Å². The topological polar surface area (TPSA) is 58.4 Å². The quantitative estimate of drug-likeness (QED) is 0.887. The van der Waals surface area contributed by atoms with Crippen molar-refractivity contribution >= 4 is 11.6 Å². The van der Waals surface area contributed by atoms with Crippen molar-refractivity contribution in [2.45, 2.75) is 45.7 Å². The van der Waals surface area contributed by atoms with Crippen LogP contribution in [0.5, 0.6) is 0 Å². The number of carbonyl (C=O) groups excluding carboxylic acids is 1. The summed E-state index contributed by atoms with van der Waals surface area (Å²) in [7, 11) is 0. The maximum Gasteiger partial charge on any atom is 0.249 e. The molecule has 1 saturated heterocycles. The first-order valence-electron chi connectivity index (χ1n) is 7.39. The van der Waals surface area contributed by atoms with Gasteiger partial charge in [0.25, 0.3) is 0 Å². The Morgan fingerprint density at radius 3 is 2.55 bits per heavy atom. The van der Waals surface area contributed by atoms with Gasteiger partial charge >= 0.3 is 0 Å². The van der Waals surface area contributed by atoms with E-state index in [2.05, 4.69) is 24.1 Å². The molecule has 110 valence electrons. The number of amides is 1. The Balaban J connectivity index is 2.01. The Morgan fingerprint density at radius 2 is 2.00 bits per heavy atom. The van der Waals surface area contributed by atoms with Gasteiger partial charge in [-0.1, -0.05) is 6.07 Å². The molecule has 1 aromatic rings. The van der Waals surface area contributed by atoms with E-state index in [0.29, 0.717) is 17.6 Å². The zero-order chi connectivity index (χ0) is 14.7. The van der Waals surface area contributed by atoms with Crippen molar-refractivity contribution in [2.75, 3.05) is 18.4 Å². The van der Waals surface area contributed by atoms with Gasteiger partial charge in [0.2, 0.25) is 5.91 Å². The second-order valence-electron chi connectivity index (χ2n) is 5.89. The van der Waals surface area contributed by atoms with Crippen LogP contribution in [0.2, 0.25) is 0 Å². The van der Waals surface area contributed by atoms with Gasteiger partial charge in [0, 0.05) is 36.4 Å². The number of nitrogens with two attached hydrogens (primary N) is 1. The minimum absolute atomic E-state index is 0.360. The second kappa shape index (κ2) is 6.27. The third kappa shape index (κ3) is 3.31. The first kappa shape index (κ1) is 14.9. The number of piperidine rings is 1. The molecule has 0 bridgehead atoms. The Morgan fingerprint density at radius 1 is 1.35 bits per heavy atom. The Labute approximate surface area is 121 Å². The number of benzene rings is 1. The summed E-state index contributed by atoms with van der Waals surface area (Å²) in [6.45, 7) is 8.70. The highest BCUT2D eigenvalue weighted by Gasteiger charge is 2.21. The fraction of sp³-hybridized carbons (Fsp3) is 0.562. The highest BCUT2D eigenvalue weighted by Crippen LogP contribution is 2.23. The predicted molar refractivity (Wildman–Crippen MR) is 83.1 cm³/mol. The van der Waals surface area contributed by atoms with Crippen molar-refractivity contribution < 1.29 is 4.79 Å². The average molecular weight is 275 g/mol. The van der Waals surface area contributed by atoms with Crippen LogP contribution in [-0.4, -0.2) is 36.0 Å². The minimum atomic E-state index is -0.360. The monoisotopic (exact) mass is 275 g/mol. The average Bonchev–Trinajstić information content (AvgIpc) is 2.41. The minimum Gasteiger partial charge on any atom is -0.382 e. The van der Waals surface area contributed by atoms with Crippen molar-refractivity contribution in [1.29, 1.82) is 0 Å². The lowest BCUT2D eigenvalue weighted by atomic mass is 10.0. The molecule has 1 amide bonds. The van der Waals surface area contributed by atoms with E-state index in [9.17, 15) is 4.79 Å². The van der Waals surface area contributed by atoms with Crippen LogP contribution in [-0.2, 0) is 0 Å². The summed E-state index contributed by atoms with van der Waals surface area (Å²) in [5.74, 6) is -0.360. The number of nitrogens with zero attached hydrogens (tertiary/aromatic N) is 1. The van der Waals surface area contributed by atoms with Gasteiger partial charge < -0.3 is 16.0 Å². The van der Waals surface area contributed by atoms with Crippen LogP contribution in [0.15, 0.2) is 18.2 Å². The van der Waals surface area contributed by atoms with Gasteiger partial charge in [0.15, 0.2) is 0 Å². The molecule has 4 nitrogen and oxygen atoms in total. The summed E-state index contributed by atoms with van der Waals surface area (Å²) >= 11 is 0. The highest BCUT2D eigenvalue weighted by atomic mass is 16.1. The maximum atomic E-state index is 11.4. The molecule has 0 atom stereocenters. The SMILES string of the molecule is Cc1c(NC2CCN(C(C)C)CC2)cccc1C(N)=O. The summed E-state index contributed by atoms with van der Waals surface area (Å²) in [5.41, 5.74) is 7.98. The summed E-state index contributed by atoms with van der Waals surface area (Å²) in [5, 5.41) is 3.57. The van der Waals surface area contributed by atoms with Crippen molar-refractivity contribution in [3.8, 4) is 0 Å². The lowest BCUT2D eigenvalue weighted by molar-refractivity contribution is 0.0999. The Kier molecular flexibility index (Phi) is 4.65. The smallest absolute Gasteiger partial charge is 0.249 e. The van der Waals surface area contributed by atoms with Gasteiger partial charge in [-0.25, -0.2) is 0 Å². The van der Waals surface area contributed by atoms with Crippen molar-refractivity contribution in [2.24, 2.45) is 5.73 Å². The molecule has 0 saturated carbocycles. The zero-order valence-corrected chi connectivity index (χ0v) is 12.6. The van der Waals surface area contributed by atoms with Gasteiger partial charge in [0.1, 0.15) is 0 Å². The molecule has 0 radical (unpaired) electrons. The molecular weight excluding hydrogens is 250 g/mol. The molecule has 20 heavy (non-hydrogen) atoms. The molecule has 0 unspecified atom stereocenters. The van der Waals surface area contributed by atoms with Gasteiger partial charge in [-0.2, -0.15) is 0 Å². The van der Waals surface area contributed by atoms with Crippen LogP contribution in [0, 0.1) is 6.92 Å². The van der Waals surface area contributed by atoms with E-state index >= 15 is 0 Å². The van der Waals surface area contributed by atoms with Crippen LogP contribution >= 0.6 is 0 Å². The molecule has 0 aliphatic carbocycles. The molecule has 0 spiro atoms. The third-order valence-corrected chi connectivity index (χ3v) is 4.22. The van der Waals surface area contributed by atoms with Crippen molar-refractivity contribution in [3.05, 3.63) is 29.3 Å². The van der Waals surface area contributed by atoms with E-state index < -0.39 is 0 Å². The van der Waals surface area contributed by atoms with E-state index in [-0.39, 0.29) is 5.91 Å². The van der Waals surface area contributed by atoms with E-state index in [1.165, 1.54) is 0 Å². The summed E-state index contributed by atoms with van der Waals surface area (Å²) < 4.78 is 0. The van der Waals surface area contributed by atoms with Gasteiger partial charge in [-0.3, -0.25) is 4.79 Å². The molecule has 1 heterocycles. The zero-order valence-electron chi connectivity index (χ0n) is 12.6. The van der Waals surface area contributed by atoms with E-state index in [1.807, 2.05) is 19.1 Å². The molecule has 1 aliphatic rings. The number of rotatable bonds is 4. The number of anilines is 1. The van der Waals surface area contributed by atoms with Crippen LogP contribution in [0.1, 0.15) is 42.6 Å². The van der Waals surface area contributed by atoms with Crippen LogP contribution < -0.4 is 11.1 Å². The molecule has 1 fully saturated rings. The number of hydrogen-bond donors (Lipinski definition) is 2. The summed E-state index contributed by atoms with van der Waals surface area (Å²) in [6, 6.07) is 6.79. The predicted octanol–water partition coefficient (Wildman–Crippen LogP) is 2.38. The largest absolute Gasteiger partial charge is 0.382 e. The molecule has 3 N–H and O–H groups in total. The number of nitrogens with one attached hydrogen (secondary N) is 1. The highest BCUT2D eigenvalue weighted by molar-refractivity contribution is 5.95. The molecule has 2 rings (SSSR count). The Hall–Kier alpha value is -1.55. The van der Waals surface area contributed by atoms with Crippen LogP contribution in [0.25, 0.3) is 0 Å². The van der Waals surface area contributed by atoms with E-state index in [0.717, 1.165) is 37.2 Å². The Bertz CT molecular complexity index is 477. The summed E-state index contributed by atoms with van der Waals surface area (Å²) in [6.07, 6.45) is 2.27. The molecular formula is C16H25N3O.